The third-order valence-corrected chi connectivity index (χ3v) is 5.83. The Hall–Kier alpha value is -2.42. The number of nitrogens with one attached hydrogen (secondary N) is 1. The second kappa shape index (κ2) is 9.80. The number of quaternary nitrogens is 1. The monoisotopic (exact) mass is 480 g/mol. The van der Waals surface area contributed by atoms with E-state index in [4.69, 9.17) is 29.9 Å². The fourth-order valence-corrected chi connectivity index (χ4v) is 4.04. The van der Waals surface area contributed by atoms with Gasteiger partial charge in [0.15, 0.2) is 11.2 Å². The molecule has 31 heavy (non-hydrogen) atoms. The van der Waals surface area contributed by atoms with Crippen molar-refractivity contribution in [1.29, 1.82) is 0 Å². The number of carbonyl (C=O) groups is 3. The van der Waals surface area contributed by atoms with Crippen molar-refractivity contribution < 1.29 is 43.1 Å². The van der Waals surface area contributed by atoms with E-state index in [-0.39, 0.29) is 17.6 Å². The first kappa shape index (κ1) is 24.8. The number of oxime groups is 1. The highest BCUT2D eigenvalue weighted by Crippen LogP contribution is 2.44. The first-order valence-electron chi connectivity index (χ1n) is 8.83. The number of aromatic nitrogens is 1. The predicted molar refractivity (Wildman–Crippen MR) is 109 cm³/mol. The van der Waals surface area contributed by atoms with Crippen molar-refractivity contribution in [2.24, 2.45) is 5.16 Å². The van der Waals surface area contributed by atoms with Gasteiger partial charge in [0.1, 0.15) is 6.21 Å². The van der Waals surface area contributed by atoms with E-state index in [2.05, 4.69) is 15.5 Å². The molecule has 172 valence electrons. The molecular formula is C15H23N5O9PS+. The third-order valence-electron chi connectivity index (χ3n) is 4.29. The van der Waals surface area contributed by atoms with E-state index in [0.29, 0.717) is 6.21 Å². The van der Waals surface area contributed by atoms with Crippen LogP contribution in [0.2, 0.25) is 0 Å². The number of hydrogen-bond acceptors (Lipinski definition) is 12. The number of thiazole rings is 1. The van der Waals surface area contributed by atoms with E-state index >= 15 is 0 Å². The molecule has 0 saturated carbocycles. The molecule has 4 atom stereocenters. The van der Waals surface area contributed by atoms with Crippen molar-refractivity contribution in [2.75, 3.05) is 18.9 Å². The Labute approximate surface area is 181 Å². The van der Waals surface area contributed by atoms with E-state index in [9.17, 15) is 18.9 Å². The highest BCUT2D eigenvalue weighted by molar-refractivity contribution is 7.33. The number of nitrogens with zero attached hydrogens (tertiary/aromatic N) is 3. The van der Waals surface area contributed by atoms with E-state index in [0.717, 1.165) is 11.3 Å². The fraction of sp³-hybridized carbons (Fsp3) is 0.533. The molecule has 2 unspecified atom stereocenters. The van der Waals surface area contributed by atoms with Gasteiger partial charge in [0.25, 0.3) is 11.7 Å². The van der Waals surface area contributed by atoms with Crippen LogP contribution in [0.5, 0.6) is 0 Å². The molecular weight excluding hydrogens is 457 g/mol. The van der Waals surface area contributed by atoms with Crippen molar-refractivity contribution in [2.45, 2.75) is 38.5 Å². The minimum atomic E-state index is -3.21. The molecule has 1 saturated heterocycles. The number of aliphatic hydroxyl groups excluding tert-OH is 1. The van der Waals surface area contributed by atoms with E-state index in [1.165, 1.54) is 19.2 Å². The summed E-state index contributed by atoms with van der Waals surface area (Å²) in [5.74, 6) is -2.74. The van der Waals surface area contributed by atoms with Gasteiger partial charge in [0.05, 0.1) is 18.6 Å². The molecule has 2 heterocycles. The number of anilines is 1. The molecule has 1 aliphatic heterocycles. The topological polar surface area (TPSA) is 200 Å². The molecule has 0 spiro atoms. The molecule has 0 radical (unpaired) electrons. The zero-order valence-electron chi connectivity index (χ0n) is 16.8. The molecule has 1 aromatic rings. The van der Waals surface area contributed by atoms with Gasteiger partial charge in [-0.05, 0) is 20.8 Å². The Bertz CT molecular complexity index is 907. The number of hydrogen-bond donors (Lipinski definition) is 4. The van der Waals surface area contributed by atoms with Crippen molar-refractivity contribution in [1.82, 2.24) is 14.9 Å². The lowest BCUT2D eigenvalue weighted by Crippen LogP contribution is -2.81. The van der Waals surface area contributed by atoms with Gasteiger partial charge in [-0.15, -0.1) is 4.62 Å². The first-order chi connectivity index (χ1) is 14.5. The first-order valence-corrected chi connectivity index (χ1v) is 10.9. The second-order valence-electron chi connectivity index (χ2n) is 6.82. The third kappa shape index (κ3) is 5.26. The van der Waals surface area contributed by atoms with E-state index in [1.54, 1.807) is 6.92 Å². The van der Waals surface area contributed by atoms with Gasteiger partial charge in [0, 0.05) is 0 Å². The number of aliphatic carboxylic acids is 1. The summed E-state index contributed by atoms with van der Waals surface area (Å²) in [7, 11) is -3.21. The number of nitrogens with two attached hydrogens (primary N) is 1. The van der Waals surface area contributed by atoms with Crippen LogP contribution in [0.15, 0.2) is 10.5 Å². The summed E-state index contributed by atoms with van der Waals surface area (Å²) in [4.78, 5) is 44.8. The molecule has 0 bridgehead atoms. The standard InChI is InChI=1S/C15H22N5O9PS/c1-8-11(19-10(22)6-17-28-15(2,3)13(24)25)12(23)20(8,9-7-31-14(16)18-9)29-30(26)27-5-4-21/h6-8,11,21,30H,4-5H2,1-3H3,(H3-,16,18,19,22,24,25)/p+1/b17-6-/t8-,11-,20?/m0/s1. The number of carbonyl (C=O) groups excluding carboxylic acids is 2. The zero-order chi connectivity index (χ0) is 23.4. The molecule has 16 heteroatoms. The van der Waals surface area contributed by atoms with Gasteiger partial charge in [-0.1, -0.05) is 21.1 Å². The van der Waals surface area contributed by atoms with Crippen LogP contribution in [-0.2, 0) is 32.9 Å². The van der Waals surface area contributed by atoms with Crippen LogP contribution in [0.1, 0.15) is 20.8 Å². The average molecular weight is 480 g/mol. The van der Waals surface area contributed by atoms with Crippen LogP contribution >= 0.6 is 19.6 Å². The van der Waals surface area contributed by atoms with Crippen molar-refractivity contribution in [3.63, 3.8) is 0 Å². The molecule has 5 N–H and O–H groups in total. The zero-order valence-corrected chi connectivity index (χ0v) is 18.6. The SMILES string of the molecule is C[C@H]1[C@H](NC(=O)/C=N\OC(C)(C)C(=O)O)C(=O)[N+]1(O[PH](=O)OCCO)c1csc(N)n1. The summed E-state index contributed by atoms with van der Waals surface area (Å²) in [6.45, 7) is 3.37. The average Bonchev–Trinajstić information content (AvgIpc) is 3.14. The molecule has 1 aromatic heterocycles. The number of β-lactam (4-membered cyclic amide) rings is 1. The van der Waals surface area contributed by atoms with E-state index in [1.807, 2.05) is 0 Å². The van der Waals surface area contributed by atoms with Gasteiger partial charge in [0.2, 0.25) is 11.6 Å². The van der Waals surface area contributed by atoms with Crippen LogP contribution in [0, 0.1) is 0 Å². The fourth-order valence-electron chi connectivity index (χ4n) is 2.56. The van der Waals surface area contributed by atoms with Crippen molar-refractivity contribution in [3.8, 4) is 0 Å². The summed E-state index contributed by atoms with van der Waals surface area (Å²) in [5, 5.41) is 25.0. The van der Waals surface area contributed by atoms with Gasteiger partial charge in [-0.3, -0.25) is 9.36 Å². The molecule has 14 nitrogen and oxygen atoms in total. The Kier molecular flexibility index (Phi) is 7.86. The van der Waals surface area contributed by atoms with Crippen molar-refractivity contribution in [3.05, 3.63) is 5.38 Å². The Balaban J connectivity index is 2.13. The molecule has 1 aliphatic rings. The van der Waals surface area contributed by atoms with Gasteiger partial charge < -0.3 is 30.6 Å². The Morgan fingerprint density at radius 1 is 1.52 bits per heavy atom. The Morgan fingerprint density at radius 2 is 2.19 bits per heavy atom. The highest BCUT2D eigenvalue weighted by atomic mass is 32.1. The number of carboxylic acid groups (broad SMARTS) is 1. The normalized spacial score (nSPS) is 24.6. The number of rotatable bonds is 11. The van der Waals surface area contributed by atoms with Crippen LogP contribution in [0.4, 0.5) is 10.9 Å². The van der Waals surface area contributed by atoms with E-state index < -0.39 is 55.0 Å². The van der Waals surface area contributed by atoms with Gasteiger partial charge in [-0.2, -0.15) is 4.98 Å². The Morgan fingerprint density at radius 3 is 2.71 bits per heavy atom. The maximum atomic E-state index is 12.9. The summed E-state index contributed by atoms with van der Waals surface area (Å²) in [6.07, 6.45) is 0.687. The lowest BCUT2D eigenvalue weighted by Gasteiger charge is -2.46. The largest absolute Gasteiger partial charge is 0.478 e. The minimum Gasteiger partial charge on any atom is -0.478 e. The maximum Gasteiger partial charge on any atom is 0.381 e. The molecule has 2 amide bonds. The van der Waals surface area contributed by atoms with Crippen molar-refractivity contribution >= 4 is 54.5 Å². The predicted octanol–water partition coefficient (Wildman–Crippen LogP) is -0.358. The summed E-state index contributed by atoms with van der Waals surface area (Å²) >= 11 is 1.03. The van der Waals surface area contributed by atoms with Crippen LogP contribution in [0.25, 0.3) is 0 Å². The number of aliphatic hydroxyl groups is 1. The number of amides is 2. The molecule has 2 rings (SSSR count). The molecule has 0 aliphatic carbocycles. The van der Waals surface area contributed by atoms with Crippen LogP contribution < -0.4 is 15.7 Å². The van der Waals surface area contributed by atoms with Gasteiger partial charge >= 0.3 is 20.1 Å². The van der Waals surface area contributed by atoms with Gasteiger partial charge in [-0.25, -0.2) is 9.59 Å². The number of carboxylic acids is 1. The lowest BCUT2D eigenvalue weighted by atomic mass is 9.95. The summed E-state index contributed by atoms with van der Waals surface area (Å²) in [5.41, 5.74) is 3.99. The lowest BCUT2D eigenvalue weighted by molar-refractivity contribution is -0.192. The summed E-state index contributed by atoms with van der Waals surface area (Å²) in [6, 6.07) is -1.85. The maximum absolute atomic E-state index is 12.9. The highest BCUT2D eigenvalue weighted by Gasteiger charge is 2.68. The van der Waals surface area contributed by atoms with Crippen LogP contribution in [0.3, 0.4) is 0 Å². The second-order valence-corrected chi connectivity index (χ2v) is 8.68. The minimum absolute atomic E-state index is 0.0663. The van der Waals surface area contributed by atoms with Crippen LogP contribution in [-0.4, -0.2) is 70.1 Å². The smallest absolute Gasteiger partial charge is 0.381 e. The number of nitrogen functional groups attached to an aromatic ring is 1. The molecule has 1 fully saturated rings. The quantitative estimate of drug-likeness (QED) is 0.106. The number of hydroxylamine groups is 2. The summed E-state index contributed by atoms with van der Waals surface area (Å²) < 4.78 is 21.4. The molecule has 0 aromatic carbocycles.